The fourth-order valence-corrected chi connectivity index (χ4v) is 0.671. The number of ether oxygens (including phenoxy) is 1. The number of nitrogens with zero attached hydrogens (tertiary/aromatic N) is 1. The van der Waals surface area contributed by atoms with Crippen LogP contribution in [0.1, 0.15) is 12.0 Å². The second-order valence-electron chi connectivity index (χ2n) is 1.82. The monoisotopic (exact) mass is 157 g/mol. The van der Waals surface area contributed by atoms with Crippen molar-refractivity contribution in [3.05, 3.63) is 18.4 Å². The van der Waals surface area contributed by atoms with E-state index in [1.165, 1.54) is 19.6 Å². The Bertz CT molecular complexity index is 231. The van der Waals surface area contributed by atoms with Crippen LogP contribution in [0.3, 0.4) is 0 Å². The predicted molar refractivity (Wildman–Crippen MR) is 33.9 cm³/mol. The molecule has 1 heterocycles. The summed E-state index contributed by atoms with van der Waals surface area (Å²) in [6.45, 7) is 0. The lowest BCUT2D eigenvalue weighted by atomic mass is 10.4. The highest BCUT2D eigenvalue weighted by molar-refractivity contribution is 5.72. The van der Waals surface area contributed by atoms with Crippen LogP contribution < -0.4 is 0 Å². The van der Waals surface area contributed by atoms with Gasteiger partial charge in [-0.3, -0.25) is 0 Å². The summed E-state index contributed by atoms with van der Waals surface area (Å²) in [5.41, 5.74) is 0. The summed E-state index contributed by atoms with van der Waals surface area (Å²) >= 11 is 0. The lowest BCUT2D eigenvalue weighted by Crippen LogP contribution is -2.13. The lowest BCUT2D eigenvalue weighted by Gasteiger charge is -2.03. The number of aliphatic carboxylic acids is 1. The van der Waals surface area contributed by atoms with Gasteiger partial charge in [-0.15, -0.1) is 0 Å². The minimum atomic E-state index is -1.12. The summed E-state index contributed by atoms with van der Waals surface area (Å²) in [4.78, 5) is 14.0. The molecule has 1 rings (SSSR count). The summed E-state index contributed by atoms with van der Waals surface area (Å²) in [5.74, 6) is -1.06. The van der Waals surface area contributed by atoms with E-state index in [0.29, 0.717) is 0 Å². The first-order chi connectivity index (χ1) is 5.25. The van der Waals surface area contributed by atoms with E-state index in [9.17, 15) is 4.79 Å². The number of methoxy groups -OCH3 is 1. The Labute approximate surface area is 62.6 Å². The zero-order chi connectivity index (χ0) is 8.27. The SMILES string of the molecule is CO[C@H](C(=O)O)c1ncco1. The van der Waals surface area contributed by atoms with Crippen molar-refractivity contribution < 1.29 is 19.1 Å². The smallest absolute Gasteiger partial charge is 0.342 e. The molecule has 1 aromatic rings. The second-order valence-corrected chi connectivity index (χ2v) is 1.82. The Kier molecular flexibility index (Phi) is 2.22. The topological polar surface area (TPSA) is 72.6 Å². The molecule has 0 saturated heterocycles. The molecule has 0 radical (unpaired) electrons. The Morgan fingerprint density at radius 1 is 1.91 bits per heavy atom. The van der Waals surface area contributed by atoms with Gasteiger partial charge in [0, 0.05) is 7.11 Å². The number of hydrogen-bond donors (Lipinski definition) is 1. The van der Waals surface area contributed by atoms with Gasteiger partial charge in [-0.05, 0) is 0 Å². The first-order valence-electron chi connectivity index (χ1n) is 2.90. The van der Waals surface area contributed by atoms with E-state index in [2.05, 4.69) is 9.72 Å². The molecule has 5 nitrogen and oxygen atoms in total. The van der Waals surface area contributed by atoms with Crippen LogP contribution in [0.25, 0.3) is 0 Å². The summed E-state index contributed by atoms with van der Waals surface area (Å²) in [5, 5.41) is 8.52. The molecule has 0 unspecified atom stereocenters. The highest BCUT2D eigenvalue weighted by Crippen LogP contribution is 2.13. The molecule has 11 heavy (non-hydrogen) atoms. The number of rotatable bonds is 3. The van der Waals surface area contributed by atoms with Gasteiger partial charge in [0.1, 0.15) is 6.26 Å². The van der Waals surface area contributed by atoms with Crippen LogP contribution in [0, 0.1) is 0 Å². The van der Waals surface area contributed by atoms with Crippen LogP contribution in [0.5, 0.6) is 0 Å². The average Bonchev–Trinajstić information content (AvgIpc) is 2.40. The van der Waals surface area contributed by atoms with Crippen LogP contribution in [0.2, 0.25) is 0 Å². The Morgan fingerprint density at radius 2 is 2.64 bits per heavy atom. The Balaban J connectivity index is 2.79. The molecule has 0 aromatic carbocycles. The highest BCUT2D eigenvalue weighted by Gasteiger charge is 2.22. The third kappa shape index (κ3) is 1.56. The predicted octanol–water partition coefficient (Wildman–Crippen LogP) is 0.447. The largest absolute Gasteiger partial charge is 0.479 e. The van der Waals surface area contributed by atoms with Crippen molar-refractivity contribution in [3.63, 3.8) is 0 Å². The molecule has 1 aromatic heterocycles. The van der Waals surface area contributed by atoms with Crippen LogP contribution in [-0.4, -0.2) is 23.2 Å². The highest BCUT2D eigenvalue weighted by atomic mass is 16.5. The van der Waals surface area contributed by atoms with E-state index in [1.807, 2.05) is 0 Å². The normalized spacial score (nSPS) is 12.8. The molecule has 1 atom stereocenters. The minimum absolute atomic E-state index is 0.0556. The van der Waals surface area contributed by atoms with Crippen molar-refractivity contribution >= 4 is 5.97 Å². The molecule has 5 heteroatoms. The lowest BCUT2D eigenvalue weighted by molar-refractivity contribution is -0.150. The van der Waals surface area contributed by atoms with Gasteiger partial charge in [-0.25, -0.2) is 9.78 Å². The van der Waals surface area contributed by atoms with Crippen LogP contribution in [-0.2, 0) is 9.53 Å². The minimum Gasteiger partial charge on any atom is -0.479 e. The van der Waals surface area contributed by atoms with E-state index in [4.69, 9.17) is 9.52 Å². The van der Waals surface area contributed by atoms with Gasteiger partial charge in [-0.1, -0.05) is 0 Å². The number of hydrogen-bond acceptors (Lipinski definition) is 4. The zero-order valence-electron chi connectivity index (χ0n) is 5.85. The fraction of sp³-hybridized carbons (Fsp3) is 0.333. The number of aromatic nitrogens is 1. The number of carboxylic acids is 1. The molecule has 0 aliphatic rings. The summed E-state index contributed by atoms with van der Waals surface area (Å²) in [6, 6.07) is 0. The molecule has 0 aliphatic carbocycles. The van der Waals surface area contributed by atoms with Gasteiger partial charge in [0.25, 0.3) is 0 Å². The van der Waals surface area contributed by atoms with E-state index >= 15 is 0 Å². The van der Waals surface area contributed by atoms with Gasteiger partial charge in [0.15, 0.2) is 0 Å². The first kappa shape index (κ1) is 7.74. The van der Waals surface area contributed by atoms with E-state index < -0.39 is 12.1 Å². The van der Waals surface area contributed by atoms with Crippen LogP contribution in [0.4, 0.5) is 0 Å². The van der Waals surface area contributed by atoms with Crippen molar-refractivity contribution in [2.75, 3.05) is 7.11 Å². The van der Waals surface area contributed by atoms with Crippen molar-refractivity contribution in [1.29, 1.82) is 0 Å². The van der Waals surface area contributed by atoms with Crippen molar-refractivity contribution in [2.45, 2.75) is 6.10 Å². The molecule has 60 valence electrons. The van der Waals surface area contributed by atoms with E-state index in [0.717, 1.165) is 0 Å². The maximum atomic E-state index is 10.4. The second kappa shape index (κ2) is 3.16. The maximum absolute atomic E-state index is 10.4. The number of carboxylic acid groups (broad SMARTS) is 1. The fourth-order valence-electron chi connectivity index (χ4n) is 0.671. The molecule has 0 aliphatic heterocycles. The van der Waals surface area contributed by atoms with E-state index in [-0.39, 0.29) is 5.89 Å². The van der Waals surface area contributed by atoms with Gasteiger partial charge in [-0.2, -0.15) is 0 Å². The molecular formula is C6H7NO4. The molecule has 1 N–H and O–H groups in total. The standard InChI is InChI=1S/C6H7NO4/c1-10-4(6(8)9)5-7-2-3-11-5/h2-4H,1H3,(H,8,9)/t4-/m0/s1. The summed E-state index contributed by atoms with van der Waals surface area (Å²) < 4.78 is 9.33. The molecular weight excluding hydrogens is 150 g/mol. The van der Waals surface area contributed by atoms with Crippen molar-refractivity contribution in [3.8, 4) is 0 Å². The zero-order valence-corrected chi connectivity index (χ0v) is 5.85. The maximum Gasteiger partial charge on any atom is 0.342 e. The van der Waals surface area contributed by atoms with E-state index in [1.54, 1.807) is 0 Å². The average molecular weight is 157 g/mol. The van der Waals surface area contributed by atoms with Crippen LogP contribution in [0.15, 0.2) is 16.9 Å². The molecule has 0 bridgehead atoms. The first-order valence-corrected chi connectivity index (χ1v) is 2.90. The number of oxazole rings is 1. The molecule has 0 spiro atoms. The molecule has 0 amide bonds. The van der Waals surface area contributed by atoms with Gasteiger partial charge in [0.05, 0.1) is 6.20 Å². The summed E-state index contributed by atoms with van der Waals surface area (Å²) in [6.07, 6.45) is 1.55. The van der Waals surface area contributed by atoms with Crippen molar-refractivity contribution in [1.82, 2.24) is 4.98 Å². The van der Waals surface area contributed by atoms with Crippen LogP contribution >= 0.6 is 0 Å². The Morgan fingerprint density at radius 3 is 3.00 bits per heavy atom. The number of carbonyl (C=O) groups is 1. The van der Waals surface area contributed by atoms with Gasteiger partial charge >= 0.3 is 5.97 Å². The quantitative estimate of drug-likeness (QED) is 0.689. The molecule has 0 saturated carbocycles. The third-order valence-electron chi connectivity index (χ3n) is 1.14. The van der Waals surface area contributed by atoms with Gasteiger partial charge < -0.3 is 14.3 Å². The Hall–Kier alpha value is -1.36. The molecule has 0 fully saturated rings. The van der Waals surface area contributed by atoms with Crippen molar-refractivity contribution in [2.24, 2.45) is 0 Å². The third-order valence-corrected chi connectivity index (χ3v) is 1.14. The van der Waals surface area contributed by atoms with Gasteiger partial charge in [0.2, 0.25) is 12.0 Å². The summed E-state index contributed by atoms with van der Waals surface area (Å²) in [7, 11) is 1.28.